The first-order valence-corrected chi connectivity index (χ1v) is 9.96. The van der Waals surface area contributed by atoms with Crippen LogP contribution in [0, 0.1) is 0 Å². The van der Waals surface area contributed by atoms with Gasteiger partial charge in [0, 0.05) is 12.1 Å². The number of hydrogen-bond acceptors (Lipinski definition) is 3. The van der Waals surface area contributed by atoms with Crippen LogP contribution in [-0.4, -0.2) is 38.5 Å². The summed E-state index contributed by atoms with van der Waals surface area (Å²) in [7, 11) is -3.41. The molecule has 0 radical (unpaired) electrons. The van der Waals surface area contributed by atoms with Crippen molar-refractivity contribution in [1.29, 1.82) is 0 Å². The van der Waals surface area contributed by atoms with Crippen molar-refractivity contribution >= 4 is 10.0 Å². The smallest absolute Gasteiger partial charge is 0.240 e. The number of benzene rings is 1. The van der Waals surface area contributed by atoms with Gasteiger partial charge >= 0.3 is 0 Å². The minimum absolute atomic E-state index is 0.0528. The van der Waals surface area contributed by atoms with E-state index in [0.29, 0.717) is 10.9 Å². The molecular weight excluding hydrogens is 296 g/mol. The molecule has 1 aromatic rings. The van der Waals surface area contributed by atoms with Crippen LogP contribution in [-0.2, 0) is 10.0 Å². The van der Waals surface area contributed by atoms with E-state index >= 15 is 0 Å². The van der Waals surface area contributed by atoms with Crippen LogP contribution in [0.5, 0.6) is 0 Å². The molecule has 1 aliphatic heterocycles. The molecule has 2 fully saturated rings. The third-order valence-corrected chi connectivity index (χ3v) is 6.46. The van der Waals surface area contributed by atoms with Gasteiger partial charge in [-0.25, -0.2) is 13.1 Å². The van der Waals surface area contributed by atoms with Crippen molar-refractivity contribution in [2.45, 2.75) is 61.9 Å². The van der Waals surface area contributed by atoms with Gasteiger partial charge in [0.05, 0.1) is 4.90 Å². The van der Waals surface area contributed by atoms with E-state index in [0.717, 1.165) is 32.4 Å². The third-order valence-electron chi connectivity index (χ3n) is 4.95. The van der Waals surface area contributed by atoms with Gasteiger partial charge in [-0.3, -0.25) is 4.90 Å². The lowest BCUT2D eigenvalue weighted by Crippen LogP contribution is -2.54. The van der Waals surface area contributed by atoms with E-state index in [4.69, 9.17) is 0 Å². The standard InChI is InChI=1S/C17H26N2O2S/c20-22(21,15-9-3-1-4-10-15)18-16-11-5-6-12-17(16)19-13-7-2-8-14-19/h1,3-4,9-10,16-18H,2,5-8,11-14H2/t16-,17-/m0/s1. The second-order valence-electron chi connectivity index (χ2n) is 6.49. The molecule has 0 bridgehead atoms. The lowest BCUT2D eigenvalue weighted by molar-refractivity contribution is 0.109. The SMILES string of the molecule is O=S(=O)(N[C@H]1CCCC[C@@H]1N1CCCCC1)c1ccccc1. The highest BCUT2D eigenvalue weighted by Crippen LogP contribution is 2.27. The van der Waals surface area contributed by atoms with E-state index in [1.807, 2.05) is 6.07 Å². The summed E-state index contributed by atoms with van der Waals surface area (Å²) >= 11 is 0. The highest BCUT2D eigenvalue weighted by atomic mass is 32.2. The molecule has 5 heteroatoms. The van der Waals surface area contributed by atoms with Crippen molar-refractivity contribution in [3.63, 3.8) is 0 Å². The van der Waals surface area contributed by atoms with Crippen molar-refractivity contribution in [1.82, 2.24) is 9.62 Å². The molecule has 122 valence electrons. The minimum atomic E-state index is -3.41. The molecule has 1 aromatic carbocycles. The molecule has 0 aromatic heterocycles. The topological polar surface area (TPSA) is 49.4 Å². The highest BCUT2D eigenvalue weighted by Gasteiger charge is 2.33. The van der Waals surface area contributed by atoms with Gasteiger partial charge in [-0.2, -0.15) is 0 Å². The molecule has 0 unspecified atom stereocenters. The summed E-state index contributed by atoms with van der Waals surface area (Å²) in [5.74, 6) is 0. The summed E-state index contributed by atoms with van der Waals surface area (Å²) in [6.45, 7) is 2.24. The highest BCUT2D eigenvalue weighted by molar-refractivity contribution is 7.89. The Morgan fingerprint density at radius 1 is 0.909 bits per heavy atom. The third kappa shape index (κ3) is 3.70. The predicted octanol–water partition coefficient (Wildman–Crippen LogP) is 2.76. The summed E-state index contributed by atoms with van der Waals surface area (Å²) < 4.78 is 28.2. The first kappa shape index (κ1) is 16.0. The zero-order valence-corrected chi connectivity index (χ0v) is 13.9. The van der Waals surface area contributed by atoms with Gasteiger partial charge < -0.3 is 0 Å². The fourth-order valence-electron chi connectivity index (χ4n) is 3.80. The van der Waals surface area contributed by atoms with Crippen LogP contribution in [0.1, 0.15) is 44.9 Å². The zero-order valence-electron chi connectivity index (χ0n) is 13.1. The summed E-state index contributed by atoms with van der Waals surface area (Å²) in [5.41, 5.74) is 0. The molecule has 1 saturated heterocycles. The number of nitrogens with zero attached hydrogens (tertiary/aromatic N) is 1. The number of hydrogen-bond donors (Lipinski definition) is 1. The van der Waals surface area contributed by atoms with E-state index in [2.05, 4.69) is 9.62 Å². The molecule has 1 heterocycles. The fourth-order valence-corrected chi connectivity index (χ4v) is 5.13. The zero-order chi connectivity index (χ0) is 15.4. The summed E-state index contributed by atoms with van der Waals surface area (Å²) in [6, 6.07) is 9.15. The van der Waals surface area contributed by atoms with Gasteiger partial charge in [0.25, 0.3) is 0 Å². The number of sulfonamides is 1. The van der Waals surface area contributed by atoms with Crippen LogP contribution in [0.3, 0.4) is 0 Å². The van der Waals surface area contributed by atoms with Gasteiger partial charge in [0.15, 0.2) is 0 Å². The second-order valence-corrected chi connectivity index (χ2v) is 8.20. The molecule has 0 amide bonds. The van der Waals surface area contributed by atoms with E-state index in [1.54, 1.807) is 24.3 Å². The van der Waals surface area contributed by atoms with Gasteiger partial charge in [0.1, 0.15) is 0 Å². The van der Waals surface area contributed by atoms with Crippen LogP contribution in [0.15, 0.2) is 35.2 Å². The van der Waals surface area contributed by atoms with Crippen molar-refractivity contribution in [3.8, 4) is 0 Å². The quantitative estimate of drug-likeness (QED) is 0.927. The first-order valence-electron chi connectivity index (χ1n) is 8.48. The normalized spacial score (nSPS) is 27.6. The largest absolute Gasteiger partial charge is 0.299 e. The molecule has 2 atom stereocenters. The molecule has 2 aliphatic rings. The minimum Gasteiger partial charge on any atom is -0.299 e. The molecule has 1 saturated carbocycles. The van der Waals surface area contributed by atoms with Gasteiger partial charge in [-0.15, -0.1) is 0 Å². The Hall–Kier alpha value is -0.910. The van der Waals surface area contributed by atoms with E-state index in [-0.39, 0.29) is 6.04 Å². The van der Waals surface area contributed by atoms with E-state index in [1.165, 1.54) is 25.7 Å². The van der Waals surface area contributed by atoms with Crippen molar-refractivity contribution in [2.75, 3.05) is 13.1 Å². The molecule has 4 nitrogen and oxygen atoms in total. The Bertz CT molecular complexity index is 568. The van der Waals surface area contributed by atoms with E-state index < -0.39 is 10.0 Å². The van der Waals surface area contributed by atoms with Gasteiger partial charge in [-0.05, 0) is 50.9 Å². The number of rotatable bonds is 4. The fraction of sp³-hybridized carbons (Fsp3) is 0.647. The molecular formula is C17H26N2O2S. The van der Waals surface area contributed by atoms with Gasteiger partial charge in [-0.1, -0.05) is 37.5 Å². The van der Waals surface area contributed by atoms with Crippen LogP contribution < -0.4 is 4.72 Å². The number of piperidine rings is 1. The molecule has 1 N–H and O–H groups in total. The van der Waals surface area contributed by atoms with Crippen molar-refractivity contribution < 1.29 is 8.42 Å². The molecule has 22 heavy (non-hydrogen) atoms. The monoisotopic (exact) mass is 322 g/mol. The van der Waals surface area contributed by atoms with E-state index in [9.17, 15) is 8.42 Å². The maximum atomic E-state index is 12.6. The summed E-state index contributed by atoms with van der Waals surface area (Å²) in [4.78, 5) is 2.89. The molecule has 1 aliphatic carbocycles. The Balaban J connectivity index is 1.73. The van der Waals surface area contributed by atoms with Crippen molar-refractivity contribution in [2.24, 2.45) is 0 Å². The Morgan fingerprint density at radius 2 is 1.59 bits per heavy atom. The Labute approximate surface area is 134 Å². The maximum absolute atomic E-state index is 12.6. The van der Waals surface area contributed by atoms with Crippen LogP contribution >= 0.6 is 0 Å². The molecule has 0 spiro atoms. The van der Waals surface area contributed by atoms with Crippen LogP contribution in [0.25, 0.3) is 0 Å². The lowest BCUT2D eigenvalue weighted by Gasteiger charge is -2.41. The second kappa shape index (κ2) is 7.11. The van der Waals surface area contributed by atoms with Crippen LogP contribution in [0.2, 0.25) is 0 Å². The number of nitrogens with one attached hydrogen (secondary N) is 1. The maximum Gasteiger partial charge on any atom is 0.240 e. The van der Waals surface area contributed by atoms with Gasteiger partial charge in [0.2, 0.25) is 10.0 Å². The predicted molar refractivity (Wildman–Crippen MR) is 88.2 cm³/mol. The summed E-state index contributed by atoms with van der Waals surface area (Å²) in [6.07, 6.45) is 8.19. The van der Waals surface area contributed by atoms with Crippen molar-refractivity contribution in [3.05, 3.63) is 30.3 Å². The summed E-state index contributed by atoms with van der Waals surface area (Å²) in [5, 5.41) is 0. The number of likely N-dealkylation sites (tertiary alicyclic amines) is 1. The first-order chi connectivity index (χ1) is 10.7. The average molecular weight is 322 g/mol. The Morgan fingerprint density at radius 3 is 2.32 bits per heavy atom. The lowest BCUT2D eigenvalue weighted by atomic mass is 9.89. The molecule has 3 rings (SSSR count). The van der Waals surface area contributed by atoms with Crippen LogP contribution in [0.4, 0.5) is 0 Å². The average Bonchev–Trinajstić information content (AvgIpc) is 2.57. The Kier molecular flexibility index (Phi) is 5.16.